The second kappa shape index (κ2) is 10.0. The molecule has 0 unspecified atom stereocenters. The van der Waals surface area contributed by atoms with Crippen LogP contribution in [0.15, 0.2) is 115 Å². The number of carbonyl (C=O) groups excluding carboxylic acids is 1. The summed E-state index contributed by atoms with van der Waals surface area (Å²) in [7, 11) is 0. The minimum atomic E-state index is -1.07. The summed E-state index contributed by atoms with van der Waals surface area (Å²) >= 11 is 0. The van der Waals surface area contributed by atoms with Crippen molar-refractivity contribution in [3.05, 3.63) is 127 Å². The van der Waals surface area contributed by atoms with Gasteiger partial charge in [0.15, 0.2) is 5.78 Å². The van der Waals surface area contributed by atoms with Gasteiger partial charge in [-0.3, -0.25) is 4.79 Å². The number of Topliss-reactive ketones (excluding diaryl/α,β-unsaturated/α-hetero) is 1. The topological polar surface area (TPSA) is 67.5 Å². The van der Waals surface area contributed by atoms with E-state index in [1.54, 1.807) is 55.0 Å². The molecule has 2 aromatic carbocycles. The van der Waals surface area contributed by atoms with Gasteiger partial charge in [-0.2, -0.15) is 0 Å². The Hall–Kier alpha value is -4.18. The van der Waals surface area contributed by atoms with Crippen LogP contribution in [-0.4, -0.2) is 16.9 Å². The molecule has 0 aliphatic heterocycles. The van der Waals surface area contributed by atoms with Crippen LogP contribution in [0.1, 0.15) is 21.5 Å². The fourth-order valence-corrected chi connectivity index (χ4v) is 3.24. The first-order valence-electron chi connectivity index (χ1n) is 9.67. The van der Waals surface area contributed by atoms with Crippen LogP contribution in [0.2, 0.25) is 0 Å². The van der Waals surface area contributed by atoms with E-state index in [1.807, 2.05) is 30.3 Å². The van der Waals surface area contributed by atoms with E-state index in [2.05, 4.69) is 13.2 Å². The number of rotatable bonds is 9. The van der Waals surface area contributed by atoms with E-state index in [0.29, 0.717) is 16.7 Å². The second-order valence-corrected chi connectivity index (χ2v) is 6.82. The third kappa shape index (κ3) is 5.25. The third-order valence-corrected chi connectivity index (χ3v) is 4.80. The number of carbonyl (C=O) groups is 2. The van der Waals surface area contributed by atoms with E-state index in [4.69, 9.17) is 4.42 Å². The van der Waals surface area contributed by atoms with E-state index in [1.165, 1.54) is 6.08 Å². The normalized spacial score (nSPS) is 11.7. The zero-order valence-electron chi connectivity index (χ0n) is 17.0. The highest BCUT2D eigenvalue weighted by atomic mass is 16.4. The van der Waals surface area contributed by atoms with Gasteiger partial charge in [-0.05, 0) is 46.5 Å². The lowest BCUT2D eigenvalue weighted by atomic mass is 9.93. The maximum atomic E-state index is 13.1. The summed E-state index contributed by atoms with van der Waals surface area (Å²) in [4.78, 5) is 24.9. The van der Waals surface area contributed by atoms with E-state index in [-0.39, 0.29) is 17.8 Å². The number of ketones is 1. The molecule has 0 saturated heterocycles. The molecule has 3 rings (SSSR count). The largest absolute Gasteiger partial charge is 0.478 e. The predicted octanol–water partition coefficient (Wildman–Crippen LogP) is 6.14. The minimum Gasteiger partial charge on any atom is -0.478 e. The molecule has 154 valence electrons. The van der Waals surface area contributed by atoms with Crippen LogP contribution in [0.3, 0.4) is 0 Å². The summed E-state index contributed by atoms with van der Waals surface area (Å²) in [6.45, 7) is 7.49. The van der Waals surface area contributed by atoms with Crippen molar-refractivity contribution in [2.45, 2.75) is 6.42 Å². The Kier molecular flexibility index (Phi) is 6.97. The molecule has 4 heteroatoms. The molecule has 0 spiro atoms. The highest BCUT2D eigenvalue weighted by molar-refractivity contribution is 6.03. The highest BCUT2D eigenvalue weighted by Gasteiger charge is 2.17. The monoisotopic (exact) mass is 410 g/mol. The van der Waals surface area contributed by atoms with Crippen LogP contribution in [-0.2, 0) is 11.2 Å². The minimum absolute atomic E-state index is 0.0612. The molecular formula is C27H22O4. The van der Waals surface area contributed by atoms with Gasteiger partial charge >= 0.3 is 5.97 Å². The number of hydrogen-bond donors (Lipinski definition) is 1. The van der Waals surface area contributed by atoms with Gasteiger partial charge < -0.3 is 9.52 Å². The van der Waals surface area contributed by atoms with Gasteiger partial charge in [0.2, 0.25) is 0 Å². The standard InChI is InChI=1S/C27H22O4/c1-3-8-22(15-19(4-2)23-13-14-31-18-23)26(28)17-24-16-21(11-12-25(24)27(29)30)20-9-6-5-7-10-20/h3-16,18H,1-2,17H2,(H,29,30)/b19-15+,22-8+. The summed E-state index contributed by atoms with van der Waals surface area (Å²) in [6, 6.07) is 16.4. The Balaban J connectivity index is 1.98. The first-order valence-corrected chi connectivity index (χ1v) is 9.67. The number of carboxylic acids is 1. The van der Waals surface area contributed by atoms with Gasteiger partial charge in [-0.25, -0.2) is 4.79 Å². The van der Waals surface area contributed by atoms with E-state index >= 15 is 0 Å². The summed E-state index contributed by atoms with van der Waals surface area (Å²) < 4.78 is 5.11. The van der Waals surface area contributed by atoms with Gasteiger partial charge in [-0.1, -0.05) is 67.8 Å². The first-order chi connectivity index (χ1) is 15.0. The smallest absolute Gasteiger partial charge is 0.335 e. The molecule has 0 bridgehead atoms. The van der Waals surface area contributed by atoms with Crippen LogP contribution in [0, 0.1) is 0 Å². The molecule has 0 amide bonds. The van der Waals surface area contributed by atoms with Crippen molar-refractivity contribution >= 4 is 17.3 Å². The maximum absolute atomic E-state index is 13.1. The number of aromatic carboxylic acids is 1. The molecule has 31 heavy (non-hydrogen) atoms. The number of allylic oxidation sites excluding steroid dienone is 6. The number of benzene rings is 2. The number of hydrogen-bond acceptors (Lipinski definition) is 3. The zero-order chi connectivity index (χ0) is 22.2. The van der Waals surface area contributed by atoms with Crippen molar-refractivity contribution in [1.82, 2.24) is 0 Å². The molecule has 4 nitrogen and oxygen atoms in total. The molecule has 0 fully saturated rings. The Morgan fingerprint density at radius 1 is 1.00 bits per heavy atom. The van der Waals surface area contributed by atoms with Crippen LogP contribution >= 0.6 is 0 Å². The van der Waals surface area contributed by atoms with Crippen LogP contribution in [0.4, 0.5) is 0 Å². The lowest BCUT2D eigenvalue weighted by Gasteiger charge is -2.10. The first kappa shape index (κ1) is 21.5. The van der Waals surface area contributed by atoms with E-state index in [0.717, 1.165) is 16.7 Å². The molecule has 1 N–H and O–H groups in total. The molecule has 1 heterocycles. The van der Waals surface area contributed by atoms with Crippen molar-refractivity contribution in [1.29, 1.82) is 0 Å². The summed E-state index contributed by atoms with van der Waals surface area (Å²) in [5.41, 5.74) is 4.25. The quantitative estimate of drug-likeness (QED) is 0.340. The lowest BCUT2D eigenvalue weighted by Crippen LogP contribution is -2.10. The second-order valence-electron chi connectivity index (χ2n) is 6.82. The molecule has 0 radical (unpaired) electrons. The SMILES string of the molecule is C=C/C=C(\C=C(/C=C)c1ccoc1)C(=O)Cc1cc(-c2ccccc2)ccc1C(=O)O. The average molecular weight is 410 g/mol. The Labute approximate surface area is 181 Å². The molecule has 1 aromatic heterocycles. The average Bonchev–Trinajstić information content (AvgIpc) is 3.31. The number of carboxylic acid groups (broad SMARTS) is 1. The van der Waals surface area contributed by atoms with Gasteiger partial charge in [0.25, 0.3) is 0 Å². The summed E-state index contributed by atoms with van der Waals surface area (Å²) in [6.07, 6.45) is 9.51. The third-order valence-electron chi connectivity index (χ3n) is 4.80. The molecule has 0 atom stereocenters. The summed E-state index contributed by atoms with van der Waals surface area (Å²) in [5.74, 6) is -1.30. The van der Waals surface area contributed by atoms with Crippen LogP contribution < -0.4 is 0 Å². The van der Waals surface area contributed by atoms with Crippen LogP contribution in [0.5, 0.6) is 0 Å². The van der Waals surface area contributed by atoms with Crippen molar-refractivity contribution in [2.24, 2.45) is 0 Å². The highest BCUT2D eigenvalue weighted by Crippen LogP contribution is 2.25. The molecule has 0 aliphatic rings. The Morgan fingerprint density at radius 3 is 2.39 bits per heavy atom. The predicted molar refractivity (Wildman–Crippen MR) is 123 cm³/mol. The van der Waals surface area contributed by atoms with Gasteiger partial charge in [-0.15, -0.1) is 0 Å². The van der Waals surface area contributed by atoms with Crippen molar-refractivity contribution in [3.8, 4) is 11.1 Å². The Morgan fingerprint density at radius 2 is 1.77 bits per heavy atom. The maximum Gasteiger partial charge on any atom is 0.335 e. The van der Waals surface area contributed by atoms with Crippen molar-refractivity contribution in [2.75, 3.05) is 0 Å². The molecular weight excluding hydrogens is 388 g/mol. The fourth-order valence-electron chi connectivity index (χ4n) is 3.24. The molecule has 3 aromatic rings. The van der Waals surface area contributed by atoms with E-state index < -0.39 is 5.97 Å². The van der Waals surface area contributed by atoms with Gasteiger partial charge in [0.05, 0.1) is 18.1 Å². The van der Waals surface area contributed by atoms with Crippen LogP contribution in [0.25, 0.3) is 16.7 Å². The molecule has 0 aliphatic carbocycles. The zero-order valence-corrected chi connectivity index (χ0v) is 17.0. The summed E-state index contributed by atoms with van der Waals surface area (Å²) in [5, 5.41) is 9.61. The lowest BCUT2D eigenvalue weighted by molar-refractivity contribution is -0.114. The fraction of sp³-hybridized carbons (Fsp3) is 0.0370. The van der Waals surface area contributed by atoms with Crippen molar-refractivity contribution < 1.29 is 19.1 Å². The van der Waals surface area contributed by atoms with Gasteiger partial charge in [0, 0.05) is 17.6 Å². The van der Waals surface area contributed by atoms with Gasteiger partial charge in [0.1, 0.15) is 0 Å². The number of furan rings is 1. The molecule has 0 saturated carbocycles. The van der Waals surface area contributed by atoms with Crippen molar-refractivity contribution in [3.63, 3.8) is 0 Å². The Bertz CT molecular complexity index is 1160. The van der Waals surface area contributed by atoms with E-state index in [9.17, 15) is 14.7 Å².